The Morgan fingerprint density at radius 2 is 2.03 bits per heavy atom. The van der Waals surface area contributed by atoms with Crippen LogP contribution >= 0.6 is 11.6 Å². The normalized spacial score (nSPS) is 20.2. The molecule has 3 rings (SSSR count). The van der Waals surface area contributed by atoms with E-state index in [9.17, 15) is 9.18 Å². The molecule has 30 heavy (non-hydrogen) atoms. The Kier molecular flexibility index (Phi) is 7.41. The molecule has 1 fully saturated rings. The van der Waals surface area contributed by atoms with Crippen LogP contribution in [0.2, 0.25) is 5.02 Å². The zero-order chi connectivity index (χ0) is 21.8. The van der Waals surface area contributed by atoms with Gasteiger partial charge in [-0.3, -0.25) is 9.36 Å². The molecule has 7 nitrogen and oxygen atoms in total. The number of amides is 1. The van der Waals surface area contributed by atoms with E-state index in [-0.39, 0.29) is 35.4 Å². The zero-order valence-electron chi connectivity index (χ0n) is 17.8. The van der Waals surface area contributed by atoms with Crippen molar-refractivity contribution in [1.29, 1.82) is 0 Å². The lowest BCUT2D eigenvalue weighted by atomic mass is 9.95. The van der Waals surface area contributed by atoms with Crippen molar-refractivity contribution >= 4 is 28.5 Å². The summed E-state index contributed by atoms with van der Waals surface area (Å²) in [6, 6.07) is 1.77. The lowest BCUT2D eigenvalue weighted by molar-refractivity contribution is -0.120. The fourth-order valence-corrected chi connectivity index (χ4v) is 3.99. The zero-order valence-corrected chi connectivity index (χ0v) is 18.6. The molecule has 1 N–H and O–H groups in total. The number of aromatic nitrogens is 2. The van der Waals surface area contributed by atoms with E-state index in [4.69, 9.17) is 25.8 Å². The highest BCUT2D eigenvalue weighted by atomic mass is 35.5. The predicted molar refractivity (Wildman–Crippen MR) is 113 cm³/mol. The Bertz CT molecular complexity index is 896. The number of nitrogens with one attached hydrogen (secondary N) is 1. The Morgan fingerprint density at radius 3 is 2.67 bits per heavy atom. The third-order valence-corrected chi connectivity index (χ3v) is 5.48. The number of aryl methyl sites for hydroxylation is 1. The summed E-state index contributed by atoms with van der Waals surface area (Å²) in [4.78, 5) is 15.5. The van der Waals surface area contributed by atoms with Crippen LogP contribution in [0.5, 0.6) is 11.8 Å². The first kappa shape index (κ1) is 22.6. The standard InChI is InChI=1S/C21H29ClFN3O4/c1-5-28-17-10-16(22)19-20(18(17)23)26(4)21(25-19)30-15-8-6-14(7-9-15)29-11-12(2)24-13(3)27/h10,12,14-15H,5-9,11H2,1-4H3,(H,24,27)/t12-,14?,15?/m0/s1. The Labute approximate surface area is 180 Å². The van der Waals surface area contributed by atoms with Crippen LogP contribution in [0, 0.1) is 5.82 Å². The Balaban J connectivity index is 1.61. The number of hydrogen-bond acceptors (Lipinski definition) is 5. The molecule has 0 bridgehead atoms. The Morgan fingerprint density at radius 1 is 1.37 bits per heavy atom. The van der Waals surface area contributed by atoms with Crippen molar-refractivity contribution in [1.82, 2.24) is 14.9 Å². The van der Waals surface area contributed by atoms with Gasteiger partial charge in [0.15, 0.2) is 11.6 Å². The molecule has 1 amide bonds. The van der Waals surface area contributed by atoms with Gasteiger partial charge in [-0.05, 0) is 39.5 Å². The van der Waals surface area contributed by atoms with Gasteiger partial charge in [-0.15, -0.1) is 0 Å². The molecule has 0 aliphatic heterocycles. The number of nitrogens with zero attached hydrogens (tertiary/aromatic N) is 2. The SMILES string of the molecule is CCOc1cc(Cl)c2nc(OC3CCC(OC[C@H](C)NC(C)=O)CC3)n(C)c2c1F. The minimum absolute atomic E-state index is 0.0160. The van der Waals surface area contributed by atoms with Gasteiger partial charge in [0.05, 0.1) is 24.3 Å². The molecule has 0 spiro atoms. The summed E-state index contributed by atoms with van der Waals surface area (Å²) in [6.45, 7) is 6.03. The second-order valence-electron chi connectivity index (χ2n) is 7.71. The number of carbonyl (C=O) groups excluding carboxylic acids is 1. The van der Waals surface area contributed by atoms with E-state index in [0.717, 1.165) is 25.7 Å². The van der Waals surface area contributed by atoms with Crippen LogP contribution in [0.1, 0.15) is 46.5 Å². The number of carbonyl (C=O) groups is 1. The van der Waals surface area contributed by atoms with Crippen molar-refractivity contribution < 1.29 is 23.4 Å². The van der Waals surface area contributed by atoms with Crippen LogP contribution in [0.15, 0.2) is 6.07 Å². The van der Waals surface area contributed by atoms with Crippen molar-refractivity contribution in [3.63, 3.8) is 0 Å². The molecule has 1 aliphatic rings. The van der Waals surface area contributed by atoms with Gasteiger partial charge in [-0.25, -0.2) is 4.39 Å². The number of halogens is 2. The van der Waals surface area contributed by atoms with E-state index in [1.165, 1.54) is 13.0 Å². The summed E-state index contributed by atoms with van der Waals surface area (Å²) in [5.41, 5.74) is 0.629. The molecule has 1 aromatic carbocycles. The number of hydrogen-bond donors (Lipinski definition) is 1. The summed E-state index contributed by atoms with van der Waals surface area (Å²) in [7, 11) is 1.71. The van der Waals surface area contributed by atoms with Crippen molar-refractivity contribution in [2.24, 2.45) is 7.05 Å². The van der Waals surface area contributed by atoms with Crippen molar-refractivity contribution in [3.05, 3.63) is 16.9 Å². The fraction of sp³-hybridized carbons (Fsp3) is 0.619. The molecule has 166 valence electrons. The quantitative estimate of drug-likeness (QED) is 0.670. The molecule has 9 heteroatoms. The maximum Gasteiger partial charge on any atom is 0.297 e. The van der Waals surface area contributed by atoms with E-state index < -0.39 is 5.82 Å². The first-order valence-electron chi connectivity index (χ1n) is 10.3. The fourth-order valence-electron chi connectivity index (χ4n) is 3.76. The lowest BCUT2D eigenvalue weighted by Gasteiger charge is -2.29. The van der Waals surface area contributed by atoms with Gasteiger partial charge in [0.2, 0.25) is 5.91 Å². The second-order valence-corrected chi connectivity index (χ2v) is 8.11. The van der Waals surface area contributed by atoms with Gasteiger partial charge < -0.3 is 19.5 Å². The third kappa shape index (κ3) is 5.16. The summed E-state index contributed by atoms with van der Waals surface area (Å²) < 4.78 is 33.7. The molecule has 0 unspecified atom stereocenters. The maximum absolute atomic E-state index is 14.8. The highest BCUT2D eigenvalue weighted by Gasteiger charge is 2.26. The van der Waals surface area contributed by atoms with Gasteiger partial charge >= 0.3 is 0 Å². The predicted octanol–water partition coefficient (Wildman–Crippen LogP) is 4.00. The van der Waals surface area contributed by atoms with Crippen LogP contribution in [-0.2, 0) is 16.6 Å². The van der Waals surface area contributed by atoms with E-state index in [0.29, 0.717) is 29.8 Å². The van der Waals surface area contributed by atoms with Gasteiger partial charge in [0.1, 0.15) is 17.1 Å². The van der Waals surface area contributed by atoms with E-state index in [1.54, 1.807) is 18.5 Å². The molecule has 0 radical (unpaired) electrons. The van der Waals surface area contributed by atoms with Crippen molar-refractivity contribution in [3.8, 4) is 11.8 Å². The molecular formula is C21H29ClFN3O4. The van der Waals surface area contributed by atoms with Gasteiger partial charge in [-0.1, -0.05) is 11.6 Å². The van der Waals surface area contributed by atoms with E-state index in [1.807, 2.05) is 6.92 Å². The van der Waals surface area contributed by atoms with Crippen LogP contribution in [0.25, 0.3) is 11.0 Å². The largest absolute Gasteiger partial charge is 0.491 e. The Hall–Kier alpha value is -2.06. The third-order valence-electron chi connectivity index (χ3n) is 5.19. The molecule has 0 saturated heterocycles. The number of benzene rings is 1. The van der Waals surface area contributed by atoms with Crippen molar-refractivity contribution in [2.75, 3.05) is 13.2 Å². The van der Waals surface area contributed by atoms with Crippen LogP contribution in [0.3, 0.4) is 0 Å². The molecule has 1 atom stereocenters. The maximum atomic E-state index is 14.8. The van der Waals surface area contributed by atoms with Crippen LogP contribution < -0.4 is 14.8 Å². The van der Waals surface area contributed by atoms with Crippen LogP contribution in [-0.4, -0.2) is 46.9 Å². The van der Waals surface area contributed by atoms with Gasteiger partial charge in [0.25, 0.3) is 6.01 Å². The minimum Gasteiger partial charge on any atom is -0.491 e. The lowest BCUT2D eigenvalue weighted by Crippen LogP contribution is -2.37. The molecule has 1 saturated carbocycles. The summed E-state index contributed by atoms with van der Waals surface area (Å²) in [5.74, 6) is -0.447. The van der Waals surface area contributed by atoms with Gasteiger partial charge in [-0.2, -0.15) is 4.98 Å². The molecule has 1 heterocycles. The average molecular weight is 442 g/mol. The molecule has 1 aliphatic carbocycles. The van der Waals surface area contributed by atoms with E-state index in [2.05, 4.69) is 10.3 Å². The first-order valence-corrected chi connectivity index (χ1v) is 10.7. The number of rotatable bonds is 8. The molecule has 2 aromatic rings. The average Bonchev–Trinajstić information content (AvgIpc) is 3.02. The van der Waals surface area contributed by atoms with Crippen molar-refractivity contribution in [2.45, 2.75) is 64.7 Å². The molecule has 1 aromatic heterocycles. The summed E-state index contributed by atoms with van der Waals surface area (Å²) in [5, 5.41) is 3.14. The smallest absolute Gasteiger partial charge is 0.297 e. The number of ether oxygens (including phenoxy) is 3. The number of imidazole rings is 1. The van der Waals surface area contributed by atoms with E-state index >= 15 is 0 Å². The minimum atomic E-state index is -0.494. The summed E-state index contributed by atoms with van der Waals surface area (Å²) in [6.07, 6.45) is 3.44. The van der Waals surface area contributed by atoms with Gasteiger partial charge in [0, 0.05) is 26.1 Å². The topological polar surface area (TPSA) is 74.6 Å². The van der Waals surface area contributed by atoms with Crippen LogP contribution in [0.4, 0.5) is 4.39 Å². The highest BCUT2D eigenvalue weighted by molar-refractivity contribution is 6.35. The monoisotopic (exact) mass is 441 g/mol. The second kappa shape index (κ2) is 9.83. The summed E-state index contributed by atoms with van der Waals surface area (Å²) >= 11 is 6.29. The highest BCUT2D eigenvalue weighted by Crippen LogP contribution is 2.35. The molecular weight excluding hydrogens is 413 g/mol. The number of fused-ring (bicyclic) bond motifs is 1. The first-order chi connectivity index (χ1) is 14.3.